The second-order valence-corrected chi connectivity index (χ2v) is 25.7. The molecule has 4 aliphatic heterocycles. The second kappa shape index (κ2) is 11.6. The van der Waals surface area contributed by atoms with E-state index in [1.54, 1.807) is 7.16 Å². The van der Waals surface area contributed by atoms with E-state index in [1.165, 1.54) is 45.9 Å². The first-order chi connectivity index (χ1) is 23.6. The monoisotopic (exact) mass is 739 g/mol. The molecule has 0 aromatic heterocycles. The number of benzene rings is 5. The third-order valence-electron chi connectivity index (χ3n) is 11.8. The van der Waals surface area contributed by atoms with E-state index in [-0.39, 0.29) is 6.71 Å². The van der Waals surface area contributed by atoms with Gasteiger partial charge in [-0.05, 0) is 0 Å². The van der Waals surface area contributed by atoms with Crippen molar-refractivity contribution in [1.82, 2.24) is 0 Å². The molecule has 0 saturated carbocycles. The zero-order chi connectivity index (χ0) is 32.6. The summed E-state index contributed by atoms with van der Waals surface area (Å²) in [4.78, 5) is 2.52. The minimum absolute atomic E-state index is 0.0162. The SMILES string of the molecule is CCC(CC)[CH2][Sn]1([CH2]C(CC)CC)[c]2ccccc2N(c2cc3c4c(c2)Oc2cccc5c2B4c2c(cccc2O3)O5)c2cccc[c]21. The van der Waals surface area contributed by atoms with Crippen molar-refractivity contribution in [3.05, 3.63) is 97.1 Å². The van der Waals surface area contributed by atoms with Crippen molar-refractivity contribution in [2.75, 3.05) is 4.90 Å². The van der Waals surface area contributed by atoms with Gasteiger partial charge in [0.15, 0.2) is 0 Å². The summed E-state index contributed by atoms with van der Waals surface area (Å²) in [6, 6.07) is 35.7. The van der Waals surface area contributed by atoms with Gasteiger partial charge in [-0.1, -0.05) is 0 Å². The van der Waals surface area contributed by atoms with Crippen molar-refractivity contribution < 1.29 is 14.2 Å². The van der Waals surface area contributed by atoms with E-state index in [0.29, 0.717) is 0 Å². The predicted molar refractivity (Wildman–Crippen MR) is 202 cm³/mol. The summed E-state index contributed by atoms with van der Waals surface area (Å²) in [6.07, 6.45) is 4.97. The van der Waals surface area contributed by atoms with Gasteiger partial charge in [-0.15, -0.1) is 0 Å². The summed E-state index contributed by atoms with van der Waals surface area (Å²) in [5.41, 5.74) is 7.06. The van der Waals surface area contributed by atoms with Crippen LogP contribution >= 0.6 is 0 Å². The van der Waals surface area contributed by atoms with Crippen LogP contribution in [-0.2, 0) is 0 Å². The summed E-state index contributed by atoms with van der Waals surface area (Å²) in [5, 5.41) is 0. The van der Waals surface area contributed by atoms with E-state index in [9.17, 15) is 0 Å². The summed E-state index contributed by atoms with van der Waals surface area (Å²) < 4.78 is 26.0. The molecule has 4 aliphatic rings. The van der Waals surface area contributed by atoms with Crippen molar-refractivity contribution >= 4 is 65.7 Å². The molecule has 9 rings (SSSR count). The zero-order valence-corrected chi connectivity index (χ0v) is 31.2. The van der Waals surface area contributed by atoms with Gasteiger partial charge >= 0.3 is 290 Å². The van der Waals surface area contributed by atoms with Crippen LogP contribution in [-0.4, -0.2) is 25.1 Å². The number of rotatable bonds is 9. The minimum atomic E-state index is -3.25. The fraction of sp³-hybridized carbons (Fsp3) is 0.286. The van der Waals surface area contributed by atoms with E-state index < -0.39 is 18.4 Å². The number of hydrogen-bond donors (Lipinski definition) is 0. The molecule has 4 nitrogen and oxygen atoms in total. The Kier molecular flexibility index (Phi) is 7.34. The van der Waals surface area contributed by atoms with Crippen molar-refractivity contribution in [3.8, 4) is 34.5 Å². The van der Waals surface area contributed by atoms with Crippen molar-refractivity contribution in [3.63, 3.8) is 0 Å². The topological polar surface area (TPSA) is 30.9 Å². The fourth-order valence-corrected chi connectivity index (χ4v) is 28.3. The Labute approximate surface area is 289 Å². The Morgan fingerprint density at radius 2 is 0.917 bits per heavy atom. The Morgan fingerprint density at radius 1 is 0.521 bits per heavy atom. The average molecular weight is 738 g/mol. The standard InChI is InChI=1S/C30H16BNO3.2C6H13.Sn/c1-3-9-19(10-4-1)32(20-11-5-2-6-12-20)21-17-26-30-27(18-21)35-25-16-8-14-23-29(25)31(30)28-22(33-23)13-7-15-24(28)34-26;2*1-4-6(3)5-2;/h1-9,11,13-18H;2*6H,3-5H2,1-2H3;. The maximum absolute atomic E-state index is 6.79. The van der Waals surface area contributed by atoms with Crippen LogP contribution in [0.15, 0.2) is 97.1 Å². The van der Waals surface area contributed by atoms with Crippen LogP contribution in [0.3, 0.4) is 0 Å². The Bertz CT molecular complexity index is 1930. The van der Waals surface area contributed by atoms with Crippen LogP contribution in [0, 0.1) is 11.8 Å². The quantitative estimate of drug-likeness (QED) is 0.139. The molecule has 0 atom stereocenters. The van der Waals surface area contributed by atoms with Gasteiger partial charge in [-0.25, -0.2) is 0 Å². The molecule has 0 N–H and O–H groups in total. The van der Waals surface area contributed by atoms with Crippen molar-refractivity contribution in [2.24, 2.45) is 11.8 Å². The van der Waals surface area contributed by atoms with Crippen LogP contribution in [0.5, 0.6) is 34.5 Å². The van der Waals surface area contributed by atoms with Crippen LogP contribution in [0.1, 0.15) is 53.4 Å². The summed E-state index contributed by atoms with van der Waals surface area (Å²) >= 11 is -3.25. The van der Waals surface area contributed by atoms with Crippen LogP contribution in [0.4, 0.5) is 17.1 Å². The first-order valence-electron chi connectivity index (χ1n) is 18.0. The van der Waals surface area contributed by atoms with Gasteiger partial charge < -0.3 is 0 Å². The Morgan fingerprint density at radius 3 is 1.35 bits per heavy atom. The van der Waals surface area contributed by atoms with E-state index >= 15 is 0 Å². The first kappa shape index (κ1) is 30.2. The molecule has 240 valence electrons. The van der Waals surface area contributed by atoms with Gasteiger partial charge in [0.25, 0.3) is 0 Å². The van der Waals surface area contributed by atoms with Gasteiger partial charge in [0.05, 0.1) is 0 Å². The molecule has 0 fully saturated rings. The van der Waals surface area contributed by atoms with Crippen molar-refractivity contribution in [2.45, 2.75) is 62.3 Å². The molecule has 0 radical (unpaired) electrons. The van der Waals surface area contributed by atoms with Crippen LogP contribution < -0.4 is 42.7 Å². The number of anilines is 3. The second-order valence-electron chi connectivity index (χ2n) is 14.2. The maximum atomic E-state index is 6.79. The first-order valence-corrected chi connectivity index (χ1v) is 24.9. The number of fused-ring (bicyclic) bond motifs is 2. The molecule has 0 bridgehead atoms. The summed E-state index contributed by atoms with van der Waals surface area (Å²) in [6.45, 7) is 9.62. The summed E-state index contributed by atoms with van der Waals surface area (Å²) in [5.74, 6) is 6.66. The van der Waals surface area contributed by atoms with E-state index in [0.717, 1.165) is 68.4 Å². The number of hydrogen-bond acceptors (Lipinski definition) is 4. The molecule has 4 heterocycles. The number of nitrogens with zero attached hydrogens (tertiary/aromatic N) is 1. The van der Waals surface area contributed by atoms with Gasteiger partial charge in [-0.2, -0.15) is 0 Å². The third kappa shape index (κ3) is 4.35. The summed E-state index contributed by atoms with van der Waals surface area (Å²) in [7, 11) is 0. The number of ether oxygens (including phenoxy) is 3. The molecular formula is C42H42BNO3Sn. The molecule has 0 spiro atoms. The molecule has 5 aromatic rings. The fourth-order valence-electron chi connectivity index (χ4n) is 9.29. The third-order valence-corrected chi connectivity index (χ3v) is 27.4. The van der Waals surface area contributed by atoms with Crippen molar-refractivity contribution in [1.29, 1.82) is 0 Å². The molecule has 0 unspecified atom stereocenters. The van der Waals surface area contributed by atoms with E-state index in [1.807, 2.05) is 12.1 Å². The Balaban J connectivity index is 1.26. The molecule has 0 aliphatic carbocycles. The zero-order valence-electron chi connectivity index (χ0n) is 28.4. The predicted octanol–water partition coefficient (Wildman–Crippen LogP) is 8.74. The molecular weight excluding hydrogens is 696 g/mol. The average Bonchev–Trinajstić information content (AvgIpc) is 3.12. The van der Waals surface area contributed by atoms with E-state index in [2.05, 4.69) is 118 Å². The number of para-hydroxylation sites is 2. The molecule has 48 heavy (non-hydrogen) atoms. The van der Waals surface area contributed by atoms with Gasteiger partial charge in [0.1, 0.15) is 0 Å². The van der Waals surface area contributed by atoms with Crippen LogP contribution in [0.2, 0.25) is 8.87 Å². The van der Waals surface area contributed by atoms with Gasteiger partial charge in [-0.3, -0.25) is 0 Å². The van der Waals surface area contributed by atoms with Gasteiger partial charge in [0.2, 0.25) is 0 Å². The van der Waals surface area contributed by atoms with Crippen LogP contribution in [0.25, 0.3) is 0 Å². The molecule has 0 saturated heterocycles. The van der Waals surface area contributed by atoms with E-state index in [4.69, 9.17) is 14.2 Å². The van der Waals surface area contributed by atoms with Gasteiger partial charge in [0, 0.05) is 0 Å². The molecule has 5 aromatic carbocycles. The molecule has 6 heteroatoms. The normalized spacial score (nSPS) is 15.3. The Hall–Kier alpha value is -3.84. The molecule has 0 amide bonds.